The van der Waals surface area contributed by atoms with Crippen molar-refractivity contribution >= 4 is 0 Å². The Balaban J connectivity index is 3.59. The van der Waals surface area contributed by atoms with Gasteiger partial charge in [0, 0.05) is 0 Å². The molecule has 0 bridgehead atoms. The predicted molar refractivity (Wildman–Crippen MR) is 44.6 cm³/mol. The number of nitrogens with zero attached hydrogens (tertiary/aromatic N) is 1. The number of hydrogen-bond acceptors (Lipinski definition) is 3. The Morgan fingerprint density at radius 1 is 1.50 bits per heavy atom. The highest BCUT2D eigenvalue weighted by Gasteiger charge is 2.27. The fourth-order valence-corrected chi connectivity index (χ4v) is 0.753. The third-order valence-corrected chi connectivity index (χ3v) is 1.35. The molecular formula is C8H13F3N2O. The largest absolute Gasteiger partial charge is 0.411 e. The van der Waals surface area contributed by atoms with E-state index in [1.54, 1.807) is 0 Å². The molecule has 0 aliphatic rings. The molecule has 0 spiro atoms. The van der Waals surface area contributed by atoms with Crippen LogP contribution in [0.1, 0.15) is 13.3 Å². The predicted octanol–water partition coefficient (Wildman–Crippen LogP) is 1.46. The van der Waals surface area contributed by atoms with Crippen LogP contribution in [0.15, 0.2) is 0 Å². The fraction of sp³-hybridized carbons (Fsp3) is 0.875. The lowest BCUT2D eigenvalue weighted by Crippen LogP contribution is -2.34. The summed E-state index contributed by atoms with van der Waals surface area (Å²) >= 11 is 0. The van der Waals surface area contributed by atoms with Gasteiger partial charge in [0.1, 0.15) is 12.6 Å². The van der Waals surface area contributed by atoms with Crippen LogP contribution in [-0.4, -0.2) is 32.0 Å². The summed E-state index contributed by atoms with van der Waals surface area (Å²) in [6.45, 7) is 0.945. The minimum atomic E-state index is -4.33. The Kier molecular flexibility index (Phi) is 6.25. The highest BCUT2D eigenvalue weighted by atomic mass is 19.4. The molecule has 0 aromatic rings. The highest BCUT2D eigenvalue weighted by Crippen LogP contribution is 2.14. The van der Waals surface area contributed by atoms with Crippen LogP contribution in [0.25, 0.3) is 0 Å². The van der Waals surface area contributed by atoms with Crippen LogP contribution < -0.4 is 5.32 Å². The van der Waals surface area contributed by atoms with Crippen LogP contribution in [-0.2, 0) is 4.74 Å². The van der Waals surface area contributed by atoms with E-state index < -0.39 is 18.8 Å². The molecule has 14 heavy (non-hydrogen) atoms. The van der Waals surface area contributed by atoms with Gasteiger partial charge in [0.15, 0.2) is 0 Å². The maximum absolute atomic E-state index is 11.6. The average Bonchev–Trinajstić information content (AvgIpc) is 2.09. The zero-order valence-electron chi connectivity index (χ0n) is 7.90. The van der Waals surface area contributed by atoms with E-state index in [1.165, 1.54) is 0 Å². The van der Waals surface area contributed by atoms with E-state index >= 15 is 0 Å². The molecule has 0 rings (SSSR count). The van der Waals surface area contributed by atoms with E-state index in [9.17, 15) is 13.2 Å². The number of rotatable bonds is 6. The van der Waals surface area contributed by atoms with Crippen LogP contribution in [0.5, 0.6) is 0 Å². The smallest absolute Gasteiger partial charge is 0.369 e. The van der Waals surface area contributed by atoms with Crippen molar-refractivity contribution in [2.75, 3.05) is 19.8 Å². The number of nitrogens with one attached hydrogen (secondary N) is 1. The van der Waals surface area contributed by atoms with E-state index in [1.807, 2.05) is 13.0 Å². The quantitative estimate of drug-likeness (QED) is 0.721. The summed E-state index contributed by atoms with van der Waals surface area (Å²) < 4.78 is 39.2. The average molecular weight is 210 g/mol. The Hall–Kier alpha value is -0.800. The topological polar surface area (TPSA) is 45.0 Å². The number of ether oxygens (including phenoxy) is 1. The molecule has 3 nitrogen and oxygen atoms in total. The van der Waals surface area contributed by atoms with Gasteiger partial charge in [-0.15, -0.1) is 0 Å². The van der Waals surface area contributed by atoms with Gasteiger partial charge in [-0.25, -0.2) is 0 Å². The maximum Gasteiger partial charge on any atom is 0.411 e. The van der Waals surface area contributed by atoms with E-state index in [0.717, 1.165) is 6.42 Å². The van der Waals surface area contributed by atoms with Crippen molar-refractivity contribution in [1.82, 2.24) is 5.32 Å². The minimum absolute atomic E-state index is 0.240. The van der Waals surface area contributed by atoms with Crippen LogP contribution in [0.2, 0.25) is 0 Å². The summed E-state index contributed by atoms with van der Waals surface area (Å²) in [4.78, 5) is 0. The first kappa shape index (κ1) is 13.2. The minimum Gasteiger partial charge on any atom is -0.369 e. The number of alkyl halides is 3. The molecule has 0 fully saturated rings. The van der Waals surface area contributed by atoms with Crippen LogP contribution >= 0.6 is 0 Å². The standard InChI is InChI=1S/C8H13F3N2O/c1-2-3-13-7(4-12)5-14-6-8(9,10)11/h7,13H,2-3,5-6H2,1H3. The first-order valence-corrected chi connectivity index (χ1v) is 4.27. The molecule has 6 heteroatoms. The van der Waals surface area contributed by atoms with Crippen molar-refractivity contribution in [3.05, 3.63) is 0 Å². The SMILES string of the molecule is CCCNC(C#N)COCC(F)(F)F. The summed E-state index contributed by atoms with van der Waals surface area (Å²) in [5.74, 6) is 0. The maximum atomic E-state index is 11.6. The number of hydrogen-bond donors (Lipinski definition) is 1. The molecule has 1 N–H and O–H groups in total. The lowest BCUT2D eigenvalue weighted by Gasteiger charge is -2.12. The Bertz CT molecular complexity index is 188. The first-order chi connectivity index (χ1) is 6.49. The van der Waals surface area contributed by atoms with Crippen LogP contribution in [0.3, 0.4) is 0 Å². The van der Waals surface area contributed by atoms with Crippen molar-refractivity contribution in [2.45, 2.75) is 25.6 Å². The second-order valence-electron chi connectivity index (χ2n) is 2.77. The van der Waals surface area contributed by atoms with Gasteiger partial charge >= 0.3 is 6.18 Å². The second-order valence-corrected chi connectivity index (χ2v) is 2.77. The number of nitriles is 1. The lowest BCUT2D eigenvalue weighted by atomic mass is 10.3. The molecular weight excluding hydrogens is 197 g/mol. The van der Waals surface area contributed by atoms with Gasteiger partial charge in [-0.3, -0.25) is 0 Å². The highest BCUT2D eigenvalue weighted by molar-refractivity contribution is 4.89. The van der Waals surface area contributed by atoms with Gasteiger partial charge in [-0.1, -0.05) is 6.92 Å². The molecule has 0 radical (unpaired) electrons. The van der Waals surface area contributed by atoms with E-state index in [-0.39, 0.29) is 6.61 Å². The molecule has 0 saturated carbocycles. The van der Waals surface area contributed by atoms with Gasteiger partial charge in [-0.05, 0) is 13.0 Å². The van der Waals surface area contributed by atoms with Gasteiger partial charge in [0.25, 0.3) is 0 Å². The molecule has 1 atom stereocenters. The summed E-state index contributed by atoms with van der Waals surface area (Å²) in [6.07, 6.45) is -3.51. The molecule has 0 heterocycles. The summed E-state index contributed by atoms with van der Waals surface area (Å²) in [5, 5.41) is 11.3. The third kappa shape index (κ3) is 7.83. The molecule has 0 aliphatic carbocycles. The van der Waals surface area contributed by atoms with E-state index in [2.05, 4.69) is 10.1 Å². The normalized spacial score (nSPS) is 13.6. The molecule has 0 amide bonds. The molecule has 1 unspecified atom stereocenters. The van der Waals surface area contributed by atoms with Crippen molar-refractivity contribution in [3.63, 3.8) is 0 Å². The zero-order valence-corrected chi connectivity index (χ0v) is 7.90. The van der Waals surface area contributed by atoms with E-state index in [4.69, 9.17) is 5.26 Å². The Morgan fingerprint density at radius 2 is 2.14 bits per heavy atom. The van der Waals surface area contributed by atoms with Crippen LogP contribution in [0.4, 0.5) is 13.2 Å². The van der Waals surface area contributed by atoms with Crippen LogP contribution in [0, 0.1) is 11.3 Å². The van der Waals surface area contributed by atoms with Crippen molar-refractivity contribution < 1.29 is 17.9 Å². The number of halogens is 3. The fourth-order valence-electron chi connectivity index (χ4n) is 0.753. The van der Waals surface area contributed by atoms with Gasteiger partial charge < -0.3 is 10.1 Å². The Labute approximate surface area is 80.8 Å². The first-order valence-electron chi connectivity index (χ1n) is 4.27. The zero-order chi connectivity index (χ0) is 11.0. The lowest BCUT2D eigenvalue weighted by molar-refractivity contribution is -0.174. The van der Waals surface area contributed by atoms with Crippen molar-refractivity contribution in [1.29, 1.82) is 5.26 Å². The summed E-state index contributed by atoms with van der Waals surface area (Å²) in [5.41, 5.74) is 0. The Morgan fingerprint density at radius 3 is 2.57 bits per heavy atom. The van der Waals surface area contributed by atoms with Crippen molar-refractivity contribution in [3.8, 4) is 6.07 Å². The summed E-state index contributed by atoms with van der Waals surface area (Å²) in [7, 11) is 0. The summed E-state index contributed by atoms with van der Waals surface area (Å²) in [6, 6.07) is 1.15. The van der Waals surface area contributed by atoms with Crippen molar-refractivity contribution in [2.24, 2.45) is 0 Å². The molecule has 0 aliphatic heterocycles. The van der Waals surface area contributed by atoms with Gasteiger partial charge in [0.2, 0.25) is 0 Å². The molecule has 82 valence electrons. The molecule has 0 aromatic heterocycles. The third-order valence-electron chi connectivity index (χ3n) is 1.35. The van der Waals surface area contributed by atoms with E-state index in [0.29, 0.717) is 6.54 Å². The monoisotopic (exact) mass is 210 g/mol. The molecule has 0 aromatic carbocycles. The van der Waals surface area contributed by atoms with Gasteiger partial charge in [-0.2, -0.15) is 18.4 Å². The second kappa shape index (κ2) is 6.62. The van der Waals surface area contributed by atoms with Gasteiger partial charge in [0.05, 0.1) is 12.7 Å². The molecule has 0 saturated heterocycles.